The molecule has 22 heavy (non-hydrogen) atoms. The number of imide groups is 1. The molecular weight excluding hydrogens is 355 g/mol. The number of hydrogen-bond acceptors (Lipinski definition) is 3. The Balaban J connectivity index is 1.93. The van der Waals surface area contributed by atoms with Gasteiger partial charge in [0.15, 0.2) is 0 Å². The van der Waals surface area contributed by atoms with Crippen molar-refractivity contribution >= 4 is 38.4 Å². The highest BCUT2D eigenvalue weighted by atomic mass is 79.9. The third-order valence-corrected chi connectivity index (χ3v) is 4.38. The summed E-state index contributed by atoms with van der Waals surface area (Å²) in [4.78, 5) is 31.1. The van der Waals surface area contributed by atoms with Gasteiger partial charge in [0.1, 0.15) is 12.4 Å². The molecule has 1 fully saturated rings. The zero-order valence-electron chi connectivity index (χ0n) is 12.0. The van der Waals surface area contributed by atoms with Gasteiger partial charge in [0.05, 0.1) is 15.9 Å². The lowest BCUT2D eigenvalue weighted by Gasteiger charge is -2.30. The fraction of sp³-hybridized carbons (Fsp3) is 0.286. The lowest BCUT2D eigenvalue weighted by atomic mass is 10.1. The summed E-state index contributed by atoms with van der Waals surface area (Å²) in [6, 6.07) is 4.96. The second-order valence-electron chi connectivity index (χ2n) is 5.13. The lowest BCUT2D eigenvalue weighted by Crippen LogP contribution is -2.61. The summed E-state index contributed by atoms with van der Waals surface area (Å²) in [6.07, 6.45) is 0. The molecular formula is C14H13BrFN4O2+. The van der Waals surface area contributed by atoms with E-state index in [4.69, 9.17) is 0 Å². The number of likely N-dealkylation sites (N-methyl/N-ethyl adjacent to an activating group) is 2. The van der Waals surface area contributed by atoms with Crippen molar-refractivity contribution in [3.05, 3.63) is 35.6 Å². The fourth-order valence-corrected chi connectivity index (χ4v) is 3.02. The number of amidine groups is 2. The first-order chi connectivity index (χ1) is 10.4. The van der Waals surface area contributed by atoms with E-state index in [9.17, 15) is 14.0 Å². The molecule has 8 heteroatoms. The summed E-state index contributed by atoms with van der Waals surface area (Å²) >= 11 is 3.33. The molecule has 2 aliphatic rings. The van der Waals surface area contributed by atoms with E-state index in [-0.39, 0.29) is 11.7 Å². The normalized spacial score (nSPS) is 21.5. The van der Waals surface area contributed by atoms with Gasteiger partial charge in [-0.2, -0.15) is 0 Å². The average molecular weight is 368 g/mol. The highest BCUT2D eigenvalue weighted by Crippen LogP contribution is 2.22. The SMILES string of the molecule is CN1C(=O)C2C(=NC(Br)=[N+]2Cc2ccc(F)cc2)N(C)C1=O. The van der Waals surface area contributed by atoms with Crippen molar-refractivity contribution in [3.63, 3.8) is 0 Å². The van der Waals surface area contributed by atoms with Crippen LogP contribution in [-0.2, 0) is 11.3 Å². The van der Waals surface area contributed by atoms with Crippen molar-refractivity contribution in [2.24, 2.45) is 4.99 Å². The van der Waals surface area contributed by atoms with Crippen LogP contribution in [0.3, 0.4) is 0 Å². The Morgan fingerprint density at radius 1 is 1.23 bits per heavy atom. The van der Waals surface area contributed by atoms with Crippen LogP contribution >= 0.6 is 15.9 Å². The first kappa shape index (κ1) is 14.8. The number of hydrogen-bond donors (Lipinski definition) is 0. The van der Waals surface area contributed by atoms with Crippen LogP contribution in [0.2, 0.25) is 0 Å². The largest absolute Gasteiger partial charge is 0.365 e. The number of fused-ring (bicyclic) bond motifs is 1. The van der Waals surface area contributed by atoms with Crippen LogP contribution < -0.4 is 0 Å². The standard InChI is InChI=1S/C14H13BrFN4O2/c1-18-11-10(12(21)19(2)14(18)22)20(13(15)17-11)7-8-3-5-9(16)6-4-8/h3-6,10H,7H2,1-2H3/q+1. The van der Waals surface area contributed by atoms with Crippen molar-refractivity contribution in [2.45, 2.75) is 12.6 Å². The minimum atomic E-state index is -0.660. The Hall–Kier alpha value is -2.09. The van der Waals surface area contributed by atoms with E-state index >= 15 is 0 Å². The molecule has 0 aromatic heterocycles. The molecule has 2 aliphatic heterocycles. The maximum absolute atomic E-state index is 13.0. The quantitative estimate of drug-likeness (QED) is 0.585. The number of urea groups is 1. The fourth-order valence-electron chi connectivity index (χ4n) is 2.51. The van der Waals surface area contributed by atoms with Gasteiger partial charge in [0, 0.05) is 14.1 Å². The molecule has 6 nitrogen and oxygen atoms in total. The molecule has 1 atom stereocenters. The number of benzene rings is 1. The van der Waals surface area contributed by atoms with Crippen molar-refractivity contribution in [1.82, 2.24) is 9.80 Å². The third kappa shape index (κ3) is 2.23. The highest BCUT2D eigenvalue weighted by Gasteiger charge is 2.52. The van der Waals surface area contributed by atoms with E-state index in [1.165, 1.54) is 24.1 Å². The molecule has 2 heterocycles. The van der Waals surface area contributed by atoms with Crippen molar-refractivity contribution in [2.75, 3.05) is 14.1 Å². The molecule has 0 bridgehead atoms. The number of aliphatic imine (C=N–C) groups is 1. The van der Waals surface area contributed by atoms with Crippen molar-refractivity contribution in [3.8, 4) is 0 Å². The Bertz CT molecular complexity index is 729. The monoisotopic (exact) mass is 367 g/mol. The zero-order chi connectivity index (χ0) is 16.0. The summed E-state index contributed by atoms with van der Waals surface area (Å²) in [5.74, 6) is -0.260. The maximum Gasteiger partial charge on any atom is 0.365 e. The molecule has 3 amide bonds. The molecule has 0 radical (unpaired) electrons. The van der Waals surface area contributed by atoms with E-state index in [1.54, 1.807) is 23.8 Å². The van der Waals surface area contributed by atoms with Crippen LogP contribution in [0.25, 0.3) is 0 Å². The summed E-state index contributed by atoms with van der Waals surface area (Å²) in [5, 5.41) is 0. The Kier molecular flexibility index (Phi) is 3.56. The van der Waals surface area contributed by atoms with Gasteiger partial charge in [0.25, 0.3) is 17.8 Å². The molecule has 1 aromatic rings. The predicted molar refractivity (Wildman–Crippen MR) is 81.5 cm³/mol. The molecule has 0 N–H and O–H groups in total. The molecule has 1 saturated heterocycles. The summed E-state index contributed by atoms with van der Waals surface area (Å²) in [6.45, 7) is 0.375. The number of rotatable bonds is 2. The average Bonchev–Trinajstić information content (AvgIpc) is 2.82. The van der Waals surface area contributed by atoms with E-state index in [2.05, 4.69) is 20.9 Å². The zero-order valence-corrected chi connectivity index (χ0v) is 13.5. The van der Waals surface area contributed by atoms with Gasteiger partial charge in [-0.15, -0.1) is 0 Å². The summed E-state index contributed by atoms with van der Waals surface area (Å²) in [7, 11) is 3.03. The minimum Gasteiger partial charge on any atom is -0.269 e. The topological polar surface area (TPSA) is 56.0 Å². The predicted octanol–water partition coefficient (Wildman–Crippen LogP) is 1.39. The van der Waals surface area contributed by atoms with Gasteiger partial charge in [-0.25, -0.2) is 13.8 Å². The number of amides is 3. The first-order valence-corrected chi connectivity index (χ1v) is 7.37. The number of carbonyl (C=O) groups excluding carboxylic acids is 2. The highest BCUT2D eigenvalue weighted by molar-refractivity contribution is 9.18. The molecule has 0 aliphatic carbocycles. The minimum absolute atomic E-state index is 0.316. The molecule has 0 spiro atoms. The third-order valence-electron chi connectivity index (χ3n) is 3.75. The number of halogens is 2. The number of carbonyl (C=O) groups is 2. The smallest absolute Gasteiger partial charge is 0.269 e. The molecule has 1 aromatic carbocycles. The van der Waals surface area contributed by atoms with Crippen LogP contribution in [0.4, 0.5) is 9.18 Å². The lowest BCUT2D eigenvalue weighted by molar-refractivity contribution is -0.548. The van der Waals surface area contributed by atoms with Crippen LogP contribution in [0.15, 0.2) is 29.3 Å². The van der Waals surface area contributed by atoms with Crippen LogP contribution in [-0.4, -0.2) is 57.0 Å². The van der Waals surface area contributed by atoms with E-state index in [0.29, 0.717) is 17.1 Å². The van der Waals surface area contributed by atoms with Crippen LogP contribution in [0, 0.1) is 5.82 Å². The van der Waals surface area contributed by atoms with E-state index in [1.807, 2.05) is 0 Å². The van der Waals surface area contributed by atoms with Crippen LogP contribution in [0.5, 0.6) is 0 Å². The summed E-state index contributed by atoms with van der Waals surface area (Å²) < 4.78 is 15.2. The van der Waals surface area contributed by atoms with Crippen molar-refractivity contribution < 1.29 is 18.6 Å². The van der Waals surface area contributed by atoms with E-state index < -0.39 is 12.1 Å². The molecule has 114 valence electrons. The Labute approximate surface area is 134 Å². The molecule has 0 saturated carbocycles. The Morgan fingerprint density at radius 2 is 1.86 bits per heavy atom. The van der Waals surface area contributed by atoms with Gasteiger partial charge in [0.2, 0.25) is 0 Å². The van der Waals surface area contributed by atoms with Gasteiger partial charge in [-0.05, 0) is 22.7 Å². The van der Waals surface area contributed by atoms with Crippen molar-refractivity contribution in [1.29, 1.82) is 0 Å². The molecule has 1 unspecified atom stereocenters. The van der Waals surface area contributed by atoms with E-state index in [0.717, 1.165) is 10.5 Å². The second-order valence-corrected chi connectivity index (χ2v) is 5.84. The van der Waals surface area contributed by atoms with Crippen LogP contribution in [0.1, 0.15) is 5.56 Å². The summed E-state index contributed by atoms with van der Waals surface area (Å²) in [5.41, 5.74) is 0.838. The van der Waals surface area contributed by atoms with Gasteiger partial charge >= 0.3 is 10.8 Å². The van der Waals surface area contributed by atoms with Gasteiger partial charge in [-0.3, -0.25) is 14.6 Å². The maximum atomic E-state index is 13.0. The van der Waals surface area contributed by atoms with Gasteiger partial charge in [-0.1, -0.05) is 12.1 Å². The molecule has 3 rings (SSSR count). The Morgan fingerprint density at radius 3 is 2.50 bits per heavy atom. The first-order valence-electron chi connectivity index (χ1n) is 6.57. The number of nitrogens with zero attached hydrogens (tertiary/aromatic N) is 4. The van der Waals surface area contributed by atoms with Gasteiger partial charge < -0.3 is 0 Å². The second kappa shape index (κ2) is 5.28.